The Labute approximate surface area is 446 Å². The van der Waals surface area contributed by atoms with Crippen LogP contribution in [0.1, 0.15) is 227 Å². The van der Waals surface area contributed by atoms with Crippen LogP contribution in [-0.2, 0) is 47.5 Å². The number of esters is 2. The number of likely N-dealkylation sites (tertiary alicyclic amines) is 1. The largest absolute Gasteiger partial charge is 0.508 e. The first-order valence-electron chi connectivity index (χ1n) is 29.7. The van der Waals surface area contributed by atoms with E-state index in [1.165, 1.54) is 77.0 Å². The molecule has 1 fully saturated rings. The van der Waals surface area contributed by atoms with Gasteiger partial charge in [0.25, 0.3) is 0 Å². The Morgan fingerprint density at radius 2 is 0.849 bits per heavy atom. The Bertz CT molecular complexity index is 1250. The van der Waals surface area contributed by atoms with Crippen LogP contribution < -0.4 is 0 Å². The Morgan fingerprint density at radius 1 is 0.466 bits per heavy atom. The van der Waals surface area contributed by atoms with Crippen molar-refractivity contribution in [3.63, 3.8) is 0 Å². The predicted octanol–water partition coefficient (Wildman–Crippen LogP) is 15.5. The molecule has 0 aliphatic carbocycles. The summed E-state index contributed by atoms with van der Waals surface area (Å²) in [5, 5.41) is 0. The van der Waals surface area contributed by atoms with Crippen molar-refractivity contribution in [3.05, 3.63) is 48.6 Å². The van der Waals surface area contributed by atoms with Gasteiger partial charge in [0.15, 0.2) is 12.6 Å². The molecule has 0 aromatic heterocycles. The molecular weight excluding hydrogens is 923 g/mol. The second-order valence-electron chi connectivity index (χ2n) is 19.9. The molecule has 0 aromatic rings. The molecule has 0 radical (unpaired) electrons. The van der Waals surface area contributed by atoms with E-state index in [0.717, 1.165) is 96.7 Å². The Balaban J connectivity index is 2.72. The van der Waals surface area contributed by atoms with Gasteiger partial charge in [-0.3, -0.25) is 9.59 Å². The smallest absolute Gasteiger partial charge is 0.465 e. The molecule has 1 aliphatic rings. The van der Waals surface area contributed by atoms with E-state index in [0.29, 0.717) is 52.1 Å². The quantitative estimate of drug-likeness (QED) is 0.0189. The summed E-state index contributed by atoms with van der Waals surface area (Å²) >= 11 is 0. The van der Waals surface area contributed by atoms with E-state index in [9.17, 15) is 14.4 Å². The molecule has 0 N–H and O–H groups in total. The average molecular weight is 1030 g/mol. The third kappa shape index (κ3) is 44.9. The maximum atomic E-state index is 13.0. The van der Waals surface area contributed by atoms with Gasteiger partial charge in [-0.25, -0.2) is 4.79 Å². The highest BCUT2D eigenvalue weighted by atomic mass is 16.7. The molecule has 0 aromatic carbocycles. The molecule has 0 spiro atoms. The van der Waals surface area contributed by atoms with Crippen LogP contribution >= 0.6 is 0 Å². The highest BCUT2D eigenvalue weighted by Crippen LogP contribution is 2.18. The zero-order chi connectivity index (χ0) is 52.9. The zero-order valence-electron chi connectivity index (χ0n) is 47.4. The molecular formula is C61H109NO11. The number of piperidine rings is 1. The van der Waals surface area contributed by atoms with Crippen LogP contribution in [0.2, 0.25) is 0 Å². The van der Waals surface area contributed by atoms with Crippen LogP contribution in [-0.4, -0.2) is 108 Å². The zero-order valence-corrected chi connectivity index (χ0v) is 47.4. The van der Waals surface area contributed by atoms with E-state index < -0.39 is 12.1 Å². The molecule has 0 amide bonds. The standard InChI is InChI=1S/C61H109NO11/c1-6-11-15-19-23-27-35-46-66-59(67-47-36-28-24-20-16-12-7-2)43-33-31-41-57(63)70-52-56(54-73-61(65)72-51-55-40-39-45-62(10-5)50-55)53-71-58(64)42-32-34-44-60(68-48-37-29-25-21-17-13-8-3)69-49-38-30-26-22-18-14-9-4/h23-30,55-56,59-60H,6-22,31-54H2,1-5H3/b27-23-,28-24-,29-25-,30-26-. The second-order valence-corrected chi connectivity index (χ2v) is 19.9. The number of nitrogens with zero attached hydrogens (tertiary/aromatic N) is 1. The van der Waals surface area contributed by atoms with E-state index >= 15 is 0 Å². The number of unbranched alkanes of at least 4 members (excludes halogenated alkanes) is 14. The third-order valence-corrected chi connectivity index (χ3v) is 12.9. The van der Waals surface area contributed by atoms with Crippen LogP contribution in [0.15, 0.2) is 48.6 Å². The van der Waals surface area contributed by atoms with Crippen LogP contribution in [0, 0.1) is 11.8 Å². The fourth-order valence-corrected chi connectivity index (χ4v) is 8.35. The molecule has 12 nitrogen and oxygen atoms in total. The summed E-state index contributed by atoms with van der Waals surface area (Å²) in [6.45, 7) is 16.3. The lowest BCUT2D eigenvalue weighted by Gasteiger charge is -2.31. The first-order chi connectivity index (χ1) is 35.8. The minimum Gasteiger partial charge on any atom is -0.465 e. The number of allylic oxidation sites excluding steroid dienone is 4. The van der Waals surface area contributed by atoms with Crippen molar-refractivity contribution in [1.82, 2.24) is 4.90 Å². The fourth-order valence-electron chi connectivity index (χ4n) is 8.35. The van der Waals surface area contributed by atoms with Gasteiger partial charge in [0, 0.05) is 25.3 Å². The van der Waals surface area contributed by atoms with Crippen molar-refractivity contribution in [2.45, 2.75) is 240 Å². The van der Waals surface area contributed by atoms with Crippen LogP contribution in [0.25, 0.3) is 0 Å². The summed E-state index contributed by atoms with van der Waals surface area (Å²) in [6, 6.07) is 0. The monoisotopic (exact) mass is 1030 g/mol. The van der Waals surface area contributed by atoms with Gasteiger partial charge in [-0.15, -0.1) is 0 Å². The van der Waals surface area contributed by atoms with Gasteiger partial charge >= 0.3 is 18.1 Å². The molecule has 424 valence electrons. The van der Waals surface area contributed by atoms with E-state index in [4.69, 9.17) is 37.9 Å². The lowest BCUT2D eigenvalue weighted by Crippen LogP contribution is -2.37. The van der Waals surface area contributed by atoms with Crippen molar-refractivity contribution < 1.29 is 52.3 Å². The normalized spacial score (nSPS) is 14.6. The predicted molar refractivity (Wildman–Crippen MR) is 297 cm³/mol. The van der Waals surface area contributed by atoms with Crippen molar-refractivity contribution >= 4 is 18.1 Å². The average Bonchev–Trinajstić information content (AvgIpc) is 3.40. The number of hydrogen-bond donors (Lipinski definition) is 0. The van der Waals surface area contributed by atoms with Crippen LogP contribution in [0.3, 0.4) is 0 Å². The van der Waals surface area contributed by atoms with E-state index in [2.05, 4.69) is 88.1 Å². The molecule has 1 unspecified atom stereocenters. The minimum absolute atomic E-state index is 0.0571. The van der Waals surface area contributed by atoms with E-state index in [-0.39, 0.29) is 69.7 Å². The van der Waals surface area contributed by atoms with Gasteiger partial charge in [-0.2, -0.15) is 0 Å². The number of rotatable bonds is 51. The summed E-state index contributed by atoms with van der Waals surface area (Å²) in [6.07, 6.45) is 45.3. The molecule has 73 heavy (non-hydrogen) atoms. The summed E-state index contributed by atoms with van der Waals surface area (Å²) in [7, 11) is 0. The van der Waals surface area contributed by atoms with Crippen molar-refractivity contribution in [2.75, 3.05) is 72.5 Å². The molecule has 0 saturated carbocycles. The van der Waals surface area contributed by atoms with Gasteiger partial charge < -0.3 is 42.8 Å². The van der Waals surface area contributed by atoms with Crippen molar-refractivity contribution in [3.8, 4) is 0 Å². The first kappa shape index (κ1) is 68.0. The number of carbonyl (C=O) groups excluding carboxylic acids is 3. The molecule has 0 bridgehead atoms. The summed E-state index contributed by atoms with van der Waals surface area (Å²) < 4.78 is 47.0. The summed E-state index contributed by atoms with van der Waals surface area (Å²) in [5.74, 6) is -1.01. The Kier molecular flexibility index (Phi) is 48.8. The van der Waals surface area contributed by atoms with Crippen LogP contribution in [0.5, 0.6) is 0 Å². The maximum absolute atomic E-state index is 13.0. The van der Waals surface area contributed by atoms with Gasteiger partial charge in [0.2, 0.25) is 0 Å². The SMILES string of the molecule is CCCCC/C=C\CCOC(CCCCC(=O)OCC(COC(=O)CCCCC(OCC/C=C\CCCCC)OCC/C=C\CCCCC)COC(=O)OCC1CCCN(CC)C1)OCC/C=C\CCCCC. The topological polar surface area (TPSA) is 128 Å². The van der Waals surface area contributed by atoms with Crippen molar-refractivity contribution in [1.29, 1.82) is 0 Å². The highest BCUT2D eigenvalue weighted by Gasteiger charge is 2.23. The maximum Gasteiger partial charge on any atom is 0.508 e. The number of ether oxygens (including phenoxy) is 8. The van der Waals surface area contributed by atoms with Crippen LogP contribution in [0.4, 0.5) is 4.79 Å². The fraction of sp³-hybridized carbons (Fsp3) is 0.820. The van der Waals surface area contributed by atoms with Gasteiger partial charge in [0.05, 0.1) is 39.0 Å². The molecule has 1 saturated heterocycles. The lowest BCUT2D eigenvalue weighted by molar-refractivity contribution is -0.152. The van der Waals surface area contributed by atoms with Crippen molar-refractivity contribution in [2.24, 2.45) is 11.8 Å². The molecule has 1 rings (SSSR count). The third-order valence-electron chi connectivity index (χ3n) is 12.9. The Morgan fingerprint density at radius 3 is 1.23 bits per heavy atom. The summed E-state index contributed by atoms with van der Waals surface area (Å²) in [4.78, 5) is 41.1. The number of hydrogen-bond acceptors (Lipinski definition) is 12. The minimum atomic E-state index is -0.772. The second kappa shape index (κ2) is 52.4. The van der Waals surface area contributed by atoms with Gasteiger partial charge in [0.1, 0.15) is 19.8 Å². The first-order valence-corrected chi connectivity index (χ1v) is 29.7. The molecule has 12 heteroatoms. The molecule has 1 aliphatic heterocycles. The molecule has 1 atom stereocenters. The van der Waals surface area contributed by atoms with Gasteiger partial charge in [-0.05, 0) is 142 Å². The van der Waals surface area contributed by atoms with Gasteiger partial charge in [-0.1, -0.05) is 135 Å². The summed E-state index contributed by atoms with van der Waals surface area (Å²) in [5.41, 5.74) is 0. The molecule has 1 heterocycles. The highest BCUT2D eigenvalue weighted by molar-refractivity contribution is 5.69. The van der Waals surface area contributed by atoms with E-state index in [1.807, 2.05) is 0 Å². The Hall–Kier alpha value is -3.03. The van der Waals surface area contributed by atoms with E-state index in [1.54, 1.807) is 0 Å². The lowest BCUT2D eigenvalue weighted by atomic mass is 9.99. The number of carbonyl (C=O) groups is 3.